The van der Waals surface area contributed by atoms with Gasteiger partial charge in [0.15, 0.2) is 5.69 Å². The standard InChI is InChI=1S/C27H29F3N6O4/c28-27(29,30)18-11-19(33-26(38)39)14-36(13-18)23-3-6-32-12-22(23)35-25(37)24-20(31)9-17-2-1-16(10-21(17)34-24)15-4-7-40-8-5-15/h1-3,6,9-10,12,15,18-19,33H,4-5,7-8,11,13-14,31H2,(H,35,37)(H,38,39)/t18-,19+/m1/s1. The summed E-state index contributed by atoms with van der Waals surface area (Å²) in [5, 5.41) is 14.7. The van der Waals surface area contributed by atoms with Crippen LogP contribution in [0.5, 0.6) is 0 Å². The van der Waals surface area contributed by atoms with Crippen molar-refractivity contribution in [2.45, 2.75) is 37.4 Å². The molecule has 0 saturated carbocycles. The molecule has 0 bridgehead atoms. The van der Waals surface area contributed by atoms with Gasteiger partial charge in [-0.05, 0) is 48.9 Å². The van der Waals surface area contributed by atoms with Crippen molar-refractivity contribution >= 4 is 40.0 Å². The first-order valence-corrected chi connectivity index (χ1v) is 12.9. The Hall–Kier alpha value is -4.13. The number of carbonyl (C=O) groups is 2. The number of anilines is 3. The Morgan fingerprint density at radius 1 is 1.12 bits per heavy atom. The first-order chi connectivity index (χ1) is 19.1. The summed E-state index contributed by atoms with van der Waals surface area (Å²) < 4.78 is 46.5. The third-order valence-electron chi connectivity index (χ3n) is 7.41. The minimum atomic E-state index is -4.53. The van der Waals surface area contributed by atoms with E-state index in [1.54, 1.807) is 6.07 Å². The van der Waals surface area contributed by atoms with E-state index in [1.807, 2.05) is 18.2 Å². The molecule has 0 radical (unpaired) electrons. The summed E-state index contributed by atoms with van der Waals surface area (Å²) >= 11 is 0. The molecule has 2 aliphatic rings. The number of nitrogens with two attached hydrogens (primary N) is 1. The zero-order valence-corrected chi connectivity index (χ0v) is 21.4. The van der Waals surface area contributed by atoms with Crippen molar-refractivity contribution in [1.29, 1.82) is 0 Å². The van der Waals surface area contributed by atoms with Crippen LogP contribution in [0.25, 0.3) is 10.9 Å². The molecule has 40 heavy (non-hydrogen) atoms. The number of carbonyl (C=O) groups excluding carboxylic acids is 1. The Morgan fingerprint density at radius 3 is 2.62 bits per heavy atom. The van der Waals surface area contributed by atoms with Crippen molar-refractivity contribution in [2.75, 3.05) is 42.3 Å². The van der Waals surface area contributed by atoms with Gasteiger partial charge in [-0.2, -0.15) is 13.2 Å². The maximum Gasteiger partial charge on any atom is 0.404 e. The molecule has 0 unspecified atom stereocenters. The van der Waals surface area contributed by atoms with E-state index in [0.717, 1.165) is 23.8 Å². The van der Waals surface area contributed by atoms with Gasteiger partial charge in [-0.25, -0.2) is 9.78 Å². The quantitative estimate of drug-likeness (QED) is 0.361. The number of aromatic nitrogens is 2. The summed E-state index contributed by atoms with van der Waals surface area (Å²) in [5.41, 5.74) is 8.43. The van der Waals surface area contributed by atoms with Crippen LogP contribution in [0.2, 0.25) is 0 Å². The number of hydrogen-bond donors (Lipinski definition) is 4. The summed E-state index contributed by atoms with van der Waals surface area (Å²) in [4.78, 5) is 34.5. The molecular weight excluding hydrogens is 529 g/mol. The maximum atomic E-state index is 13.7. The number of nitrogens with one attached hydrogen (secondary N) is 2. The second kappa shape index (κ2) is 11.2. The van der Waals surface area contributed by atoms with E-state index in [9.17, 15) is 22.8 Å². The highest BCUT2D eigenvalue weighted by Gasteiger charge is 2.45. The number of nitrogen functional groups attached to an aromatic ring is 1. The lowest BCUT2D eigenvalue weighted by Crippen LogP contribution is -2.53. The Bertz CT molecular complexity index is 1410. The molecule has 0 aliphatic carbocycles. The van der Waals surface area contributed by atoms with Gasteiger partial charge in [-0.15, -0.1) is 0 Å². The maximum absolute atomic E-state index is 13.7. The molecule has 4 heterocycles. The van der Waals surface area contributed by atoms with E-state index in [1.165, 1.54) is 23.4 Å². The molecular formula is C27H29F3N6O4. The summed E-state index contributed by atoms with van der Waals surface area (Å²) in [6, 6.07) is 8.06. The van der Waals surface area contributed by atoms with Crippen LogP contribution in [0.15, 0.2) is 42.7 Å². The highest BCUT2D eigenvalue weighted by molar-refractivity contribution is 6.09. The molecule has 2 amide bonds. The number of benzene rings is 1. The number of pyridine rings is 2. The second-order valence-electron chi connectivity index (χ2n) is 10.1. The van der Waals surface area contributed by atoms with Gasteiger partial charge in [-0.3, -0.25) is 9.78 Å². The molecule has 5 N–H and O–H groups in total. The number of alkyl halides is 3. The number of amides is 2. The molecule has 212 valence electrons. The summed E-state index contributed by atoms with van der Waals surface area (Å²) in [6.07, 6.45) is -1.81. The molecule has 5 rings (SSSR count). The van der Waals surface area contributed by atoms with Crippen LogP contribution >= 0.6 is 0 Å². The largest absolute Gasteiger partial charge is 0.465 e. The fraction of sp³-hybridized carbons (Fsp3) is 0.407. The number of rotatable bonds is 5. The van der Waals surface area contributed by atoms with Crippen LogP contribution in [0.1, 0.15) is 41.2 Å². The molecule has 2 saturated heterocycles. The van der Waals surface area contributed by atoms with Crippen molar-refractivity contribution in [1.82, 2.24) is 15.3 Å². The first-order valence-electron chi connectivity index (χ1n) is 12.9. The minimum absolute atomic E-state index is 0.0168. The van der Waals surface area contributed by atoms with Gasteiger partial charge in [0.25, 0.3) is 5.91 Å². The number of fused-ring (bicyclic) bond motifs is 1. The average molecular weight is 559 g/mol. The van der Waals surface area contributed by atoms with Crippen molar-refractivity contribution in [3.8, 4) is 0 Å². The number of hydrogen-bond acceptors (Lipinski definition) is 7. The predicted octanol–water partition coefficient (Wildman–Crippen LogP) is 4.38. The number of nitrogens with zero attached hydrogens (tertiary/aromatic N) is 3. The van der Waals surface area contributed by atoms with Gasteiger partial charge in [0.2, 0.25) is 0 Å². The molecule has 2 atom stereocenters. The summed E-state index contributed by atoms with van der Waals surface area (Å²) in [7, 11) is 0. The zero-order valence-electron chi connectivity index (χ0n) is 21.4. The van der Waals surface area contributed by atoms with E-state index in [4.69, 9.17) is 15.6 Å². The second-order valence-corrected chi connectivity index (χ2v) is 10.1. The van der Waals surface area contributed by atoms with E-state index in [2.05, 4.69) is 20.6 Å². The lowest BCUT2D eigenvalue weighted by atomic mass is 9.91. The van der Waals surface area contributed by atoms with E-state index in [-0.39, 0.29) is 35.7 Å². The van der Waals surface area contributed by atoms with Crippen LogP contribution in [0.3, 0.4) is 0 Å². The zero-order chi connectivity index (χ0) is 28.4. The Labute approximate surface area is 227 Å². The molecule has 2 aromatic heterocycles. The normalized spacial score (nSPS) is 20.3. The van der Waals surface area contributed by atoms with Gasteiger partial charge >= 0.3 is 12.3 Å². The van der Waals surface area contributed by atoms with Gasteiger partial charge < -0.3 is 31.1 Å². The summed E-state index contributed by atoms with van der Waals surface area (Å²) in [5.74, 6) is -2.08. The van der Waals surface area contributed by atoms with Gasteiger partial charge in [0, 0.05) is 37.9 Å². The topological polar surface area (TPSA) is 143 Å². The fourth-order valence-corrected chi connectivity index (χ4v) is 5.42. The highest BCUT2D eigenvalue weighted by Crippen LogP contribution is 2.37. The monoisotopic (exact) mass is 558 g/mol. The summed E-state index contributed by atoms with van der Waals surface area (Å²) in [6.45, 7) is 0.955. The van der Waals surface area contributed by atoms with Crippen LogP contribution in [-0.2, 0) is 4.74 Å². The van der Waals surface area contributed by atoms with E-state index < -0.39 is 36.7 Å². The lowest BCUT2D eigenvalue weighted by Gasteiger charge is -2.40. The Kier molecular flexibility index (Phi) is 7.66. The van der Waals surface area contributed by atoms with Crippen molar-refractivity contribution in [3.05, 3.63) is 54.0 Å². The third kappa shape index (κ3) is 6.03. The van der Waals surface area contributed by atoms with Gasteiger partial charge in [-0.1, -0.05) is 12.1 Å². The predicted molar refractivity (Wildman–Crippen MR) is 142 cm³/mol. The van der Waals surface area contributed by atoms with Crippen molar-refractivity contribution in [2.24, 2.45) is 5.92 Å². The minimum Gasteiger partial charge on any atom is -0.465 e. The van der Waals surface area contributed by atoms with E-state index >= 15 is 0 Å². The molecule has 2 fully saturated rings. The SMILES string of the molecule is Nc1cc2ccc(C3CCOCC3)cc2nc1C(=O)Nc1cnccc1N1C[C@@H](NC(=O)O)C[C@@H](C(F)(F)F)C1. The van der Waals surface area contributed by atoms with Crippen LogP contribution in [0.4, 0.5) is 35.0 Å². The van der Waals surface area contributed by atoms with Gasteiger partial charge in [0.05, 0.1) is 40.7 Å². The number of halogens is 3. The molecule has 0 spiro atoms. The van der Waals surface area contributed by atoms with E-state index in [0.29, 0.717) is 24.6 Å². The number of ether oxygens (including phenoxy) is 1. The van der Waals surface area contributed by atoms with Crippen molar-refractivity contribution < 1.29 is 32.6 Å². The molecule has 3 aromatic rings. The number of piperidine rings is 1. The highest BCUT2D eigenvalue weighted by atomic mass is 19.4. The van der Waals surface area contributed by atoms with Crippen molar-refractivity contribution in [3.63, 3.8) is 0 Å². The molecule has 10 nitrogen and oxygen atoms in total. The first kappa shape index (κ1) is 27.4. The number of carboxylic acid groups (broad SMARTS) is 1. The molecule has 1 aromatic carbocycles. The Balaban J connectivity index is 1.41. The molecule has 13 heteroatoms. The lowest BCUT2D eigenvalue weighted by molar-refractivity contribution is -0.177. The van der Waals surface area contributed by atoms with Crippen LogP contribution in [-0.4, -0.2) is 65.6 Å². The van der Waals surface area contributed by atoms with Crippen LogP contribution in [0, 0.1) is 5.92 Å². The third-order valence-corrected chi connectivity index (χ3v) is 7.41. The average Bonchev–Trinajstić information content (AvgIpc) is 2.92. The molecule has 2 aliphatic heterocycles. The van der Waals surface area contributed by atoms with Gasteiger partial charge in [0.1, 0.15) is 0 Å². The van der Waals surface area contributed by atoms with Crippen LogP contribution < -0.4 is 21.3 Å². The Morgan fingerprint density at radius 2 is 1.90 bits per heavy atom. The fourth-order valence-electron chi connectivity index (χ4n) is 5.42. The smallest absolute Gasteiger partial charge is 0.404 e.